The summed E-state index contributed by atoms with van der Waals surface area (Å²) in [5.74, 6) is -1.99. The van der Waals surface area contributed by atoms with Crippen molar-refractivity contribution < 1.29 is 28.9 Å². The fourth-order valence-corrected chi connectivity index (χ4v) is 6.90. The van der Waals surface area contributed by atoms with Gasteiger partial charge in [-0.15, -0.1) is 34.4 Å². The SMILES string of the molecule is CCc1nc2c[n+](CC3=C(C(=O)O)N4C(=O)C(NC(=O)C(=NOC)c5csc(N)n5)[C@@H]4SC3)ccc2s1. The number of nitrogen functional groups attached to an aromatic ring is 1. The van der Waals surface area contributed by atoms with E-state index >= 15 is 0 Å². The Morgan fingerprint density at radius 1 is 1.41 bits per heavy atom. The van der Waals surface area contributed by atoms with Crippen molar-refractivity contribution in [3.63, 3.8) is 0 Å². The van der Waals surface area contributed by atoms with Crippen LogP contribution in [0.4, 0.5) is 5.13 Å². The van der Waals surface area contributed by atoms with Crippen molar-refractivity contribution in [1.82, 2.24) is 20.2 Å². The van der Waals surface area contributed by atoms with Crippen molar-refractivity contribution in [2.24, 2.45) is 5.16 Å². The number of fused-ring (bicyclic) bond motifs is 2. The molecule has 192 valence electrons. The Kier molecular flexibility index (Phi) is 6.83. The van der Waals surface area contributed by atoms with E-state index in [0.29, 0.717) is 17.9 Å². The maximum Gasteiger partial charge on any atom is 0.352 e. The van der Waals surface area contributed by atoms with Crippen LogP contribution in [0.25, 0.3) is 10.2 Å². The molecular formula is C22H22N7O5S3+. The number of nitrogens with one attached hydrogen (secondary N) is 1. The van der Waals surface area contributed by atoms with E-state index in [1.165, 1.54) is 23.8 Å². The number of carboxylic acid groups (broad SMARTS) is 1. The fourth-order valence-electron chi connectivity index (χ4n) is 4.14. The molecule has 0 bridgehead atoms. The van der Waals surface area contributed by atoms with Crippen LogP contribution in [-0.4, -0.2) is 67.7 Å². The van der Waals surface area contributed by atoms with Crippen LogP contribution in [0.1, 0.15) is 17.6 Å². The molecule has 1 fully saturated rings. The van der Waals surface area contributed by atoms with Gasteiger partial charge in [0.2, 0.25) is 0 Å². The van der Waals surface area contributed by atoms with Gasteiger partial charge >= 0.3 is 5.97 Å². The topological polar surface area (TPSA) is 164 Å². The summed E-state index contributed by atoms with van der Waals surface area (Å²) in [6, 6.07) is 1.04. The van der Waals surface area contributed by atoms with Gasteiger partial charge in [0.15, 0.2) is 29.8 Å². The second-order valence-corrected chi connectivity index (χ2v) is 11.2. The molecule has 3 aromatic rings. The number of carbonyl (C=O) groups is 3. The van der Waals surface area contributed by atoms with E-state index in [1.54, 1.807) is 16.7 Å². The lowest BCUT2D eigenvalue weighted by atomic mass is 10.0. The molecule has 12 nitrogen and oxygen atoms in total. The van der Waals surface area contributed by atoms with Crippen LogP contribution in [0.15, 0.2) is 40.3 Å². The van der Waals surface area contributed by atoms with Gasteiger partial charge in [-0.1, -0.05) is 12.1 Å². The highest BCUT2D eigenvalue weighted by Gasteiger charge is 2.54. The molecule has 0 saturated carbocycles. The number of carboxylic acids is 1. The van der Waals surface area contributed by atoms with Crippen molar-refractivity contribution in [1.29, 1.82) is 0 Å². The normalized spacial score (nSPS) is 19.6. The zero-order valence-corrected chi connectivity index (χ0v) is 22.2. The van der Waals surface area contributed by atoms with Crippen LogP contribution >= 0.6 is 34.4 Å². The van der Waals surface area contributed by atoms with E-state index in [0.717, 1.165) is 33.0 Å². The van der Waals surface area contributed by atoms with Crippen LogP contribution in [0.5, 0.6) is 0 Å². The Bertz CT molecular complexity index is 1480. The zero-order chi connectivity index (χ0) is 26.3. The first-order chi connectivity index (χ1) is 17.8. The van der Waals surface area contributed by atoms with Crippen molar-refractivity contribution in [2.75, 3.05) is 18.6 Å². The smallest absolute Gasteiger partial charge is 0.352 e. The molecule has 0 spiro atoms. The summed E-state index contributed by atoms with van der Waals surface area (Å²) in [7, 11) is 1.29. The Morgan fingerprint density at radius 3 is 2.89 bits per heavy atom. The Morgan fingerprint density at radius 2 is 2.22 bits per heavy atom. The predicted octanol–water partition coefficient (Wildman–Crippen LogP) is 0.974. The first kappa shape index (κ1) is 25.1. The number of nitrogens with two attached hydrogens (primary N) is 1. The van der Waals surface area contributed by atoms with Crippen molar-refractivity contribution in [3.05, 3.63) is 45.8 Å². The number of rotatable bonds is 8. The van der Waals surface area contributed by atoms with Gasteiger partial charge in [-0.25, -0.2) is 14.8 Å². The molecular weight excluding hydrogens is 538 g/mol. The first-order valence-corrected chi connectivity index (χ1v) is 13.9. The number of carbonyl (C=O) groups excluding carboxylic acids is 2. The van der Waals surface area contributed by atoms with E-state index in [1.807, 2.05) is 30.0 Å². The predicted molar refractivity (Wildman–Crippen MR) is 139 cm³/mol. The molecule has 3 aromatic heterocycles. The van der Waals surface area contributed by atoms with E-state index in [2.05, 4.69) is 20.4 Å². The van der Waals surface area contributed by atoms with E-state index in [-0.39, 0.29) is 22.2 Å². The summed E-state index contributed by atoms with van der Waals surface area (Å²) in [5.41, 5.74) is 7.14. The van der Waals surface area contributed by atoms with Gasteiger partial charge < -0.3 is 21.0 Å². The highest BCUT2D eigenvalue weighted by molar-refractivity contribution is 8.00. The van der Waals surface area contributed by atoms with E-state index in [4.69, 9.17) is 10.6 Å². The second kappa shape index (κ2) is 10.1. The van der Waals surface area contributed by atoms with E-state index in [9.17, 15) is 19.5 Å². The number of pyridine rings is 1. The highest BCUT2D eigenvalue weighted by Crippen LogP contribution is 2.40. The van der Waals surface area contributed by atoms with Crippen LogP contribution in [0.2, 0.25) is 0 Å². The minimum atomic E-state index is -1.19. The number of anilines is 1. The molecule has 0 radical (unpaired) electrons. The minimum absolute atomic E-state index is 0.0579. The number of aromatic nitrogens is 3. The third kappa shape index (κ3) is 4.65. The maximum absolute atomic E-state index is 13.1. The Hall–Kier alpha value is -3.56. The molecule has 2 aliphatic rings. The Balaban J connectivity index is 1.35. The fraction of sp³-hybridized carbons (Fsp3) is 0.318. The number of oxime groups is 1. The Labute approximate surface area is 222 Å². The summed E-state index contributed by atoms with van der Waals surface area (Å²) in [6.45, 7) is 2.35. The number of hydrogen-bond acceptors (Lipinski definition) is 11. The first-order valence-electron chi connectivity index (χ1n) is 11.1. The third-order valence-electron chi connectivity index (χ3n) is 5.81. The van der Waals surface area contributed by atoms with Gasteiger partial charge in [-0.2, -0.15) is 4.57 Å². The average Bonchev–Trinajstić information content (AvgIpc) is 3.50. The molecule has 1 saturated heterocycles. The molecule has 2 amide bonds. The molecule has 37 heavy (non-hydrogen) atoms. The van der Waals surface area contributed by atoms with Gasteiger partial charge in [0.05, 0.1) is 9.71 Å². The van der Waals surface area contributed by atoms with Gasteiger partial charge in [0.1, 0.15) is 35.4 Å². The summed E-state index contributed by atoms with van der Waals surface area (Å²) in [6.07, 6.45) is 4.61. The number of aryl methyl sites for hydroxylation is 1. The van der Waals surface area contributed by atoms with Crippen LogP contribution in [-0.2, 0) is 32.2 Å². The molecule has 5 heterocycles. The monoisotopic (exact) mass is 560 g/mol. The van der Waals surface area contributed by atoms with E-state index < -0.39 is 29.2 Å². The zero-order valence-electron chi connectivity index (χ0n) is 19.7. The minimum Gasteiger partial charge on any atom is -0.477 e. The molecule has 2 atom stereocenters. The lowest BCUT2D eigenvalue weighted by Gasteiger charge is -2.49. The molecule has 4 N–H and O–H groups in total. The van der Waals surface area contributed by atoms with Crippen LogP contribution in [0.3, 0.4) is 0 Å². The summed E-state index contributed by atoms with van der Waals surface area (Å²) < 4.78 is 2.93. The summed E-state index contributed by atoms with van der Waals surface area (Å²) in [5, 5.41) is 18.6. The largest absolute Gasteiger partial charge is 0.477 e. The number of aliphatic carboxylic acids is 1. The molecule has 15 heteroatoms. The van der Waals surface area contributed by atoms with Gasteiger partial charge in [0, 0.05) is 22.8 Å². The lowest BCUT2D eigenvalue weighted by Crippen LogP contribution is -2.71. The van der Waals surface area contributed by atoms with Gasteiger partial charge in [0.25, 0.3) is 11.8 Å². The number of thiazole rings is 2. The number of β-lactam (4-membered cyclic amide) rings is 1. The van der Waals surface area contributed by atoms with Crippen LogP contribution < -0.4 is 15.6 Å². The number of hydrogen-bond donors (Lipinski definition) is 3. The maximum atomic E-state index is 13.1. The standard InChI is InChI=1S/C22H21N7O5S3/c1-3-14-24-11-7-28(5-4-13(11)37-14)6-10-8-35-20-16(19(31)29(20)17(10)21(32)33)26-18(30)15(27-34-2)12-9-36-22(23)25-12/h4-5,7,9,16,20H,3,6,8H2,1-2H3,(H3-,23,25,26,30,32,33)/p+1/t16?,20-/m0/s1. The molecule has 2 aliphatic heterocycles. The van der Waals surface area contributed by atoms with Gasteiger partial charge in [-0.3, -0.25) is 14.5 Å². The number of thioether (sulfide) groups is 1. The molecule has 0 aromatic carbocycles. The molecule has 5 rings (SSSR count). The highest BCUT2D eigenvalue weighted by atomic mass is 32.2. The second-order valence-electron chi connectivity index (χ2n) is 8.14. The van der Waals surface area contributed by atoms with Crippen molar-refractivity contribution >= 4 is 73.3 Å². The third-order valence-corrected chi connectivity index (χ3v) is 9.00. The van der Waals surface area contributed by atoms with Crippen molar-refractivity contribution in [3.8, 4) is 0 Å². The number of amides is 2. The quantitative estimate of drug-likeness (QED) is 0.158. The summed E-state index contributed by atoms with van der Waals surface area (Å²) in [4.78, 5) is 52.8. The van der Waals surface area contributed by atoms with Gasteiger partial charge in [-0.05, 0) is 6.42 Å². The number of nitrogens with zero attached hydrogens (tertiary/aromatic N) is 5. The molecule has 1 unspecified atom stereocenters. The summed E-state index contributed by atoms with van der Waals surface area (Å²) >= 11 is 4.15. The lowest BCUT2D eigenvalue weighted by molar-refractivity contribution is -0.687. The average molecular weight is 561 g/mol. The molecule has 0 aliphatic carbocycles. The van der Waals surface area contributed by atoms with Crippen LogP contribution in [0, 0.1) is 0 Å². The van der Waals surface area contributed by atoms with Crippen molar-refractivity contribution in [2.45, 2.75) is 31.3 Å².